The van der Waals surface area contributed by atoms with Gasteiger partial charge in [-0.05, 0) is 42.0 Å². The number of hydrogen-bond donors (Lipinski definition) is 2. The zero-order valence-electron chi connectivity index (χ0n) is 10.8. The second-order valence-corrected chi connectivity index (χ2v) is 6.96. The summed E-state index contributed by atoms with van der Waals surface area (Å²) in [5.41, 5.74) is 0.866. The van der Waals surface area contributed by atoms with Crippen molar-refractivity contribution >= 4 is 31.9 Å². The highest BCUT2D eigenvalue weighted by Gasteiger charge is 2.14. The number of sulfonamides is 1. The molecule has 0 radical (unpaired) electrons. The fourth-order valence-corrected chi connectivity index (χ4v) is 2.92. The molecule has 2 rings (SSSR count). The van der Waals surface area contributed by atoms with E-state index in [-0.39, 0.29) is 17.0 Å². The summed E-state index contributed by atoms with van der Waals surface area (Å²) >= 11 is 3.30. The quantitative estimate of drug-likeness (QED) is 0.848. The maximum absolute atomic E-state index is 12.1. The zero-order chi connectivity index (χ0) is 15.5. The van der Waals surface area contributed by atoms with E-state index in [9.17, 15) is 13.2 Å². The Morgan fingerprint density at radius 3 is 2.14 bits per heavy atom. The molecule has 0 aliphatic carbocycles. The van der Waals surface area contributed by atoms with Gasteiger partial charge in [0.1, 0.15) is 0 Å². The molecule has 0 spiro atoms. The minimum absolute atomic E-state index is 0.0320. The van der Waals surface area contributed by atoms with Crippen molar-refractivity contribution < 1.29 is 18.3 Å². The Kier molecular flexibility index (Phi) is 4.76. The van der Waals surface area contributed by atoms with Crippen LogP contribution in [0.1, 0.15) is 15.9 Å². The van der Waals surface area contributed by atoms with Crippen LogP contribution < -0.4 is 4.72 Å². The molecule has 2 N–H and O–H groups in total. The molecule has 0 amide bonds. The van der Waals surface area contributed by atoms with E-state index in [0.717, 1.165) is 10.0 Å². The molecular formula is C14H12BrNO4S. The summed E-state index contributed by atoms with van der Waals surface area (Å²) in [6.07, 6.45) is 0. The van der Waals surface area contributed by atoms with Crippen LogP contribution in [0.25, 0.3) is 0 Å². The lowest BCUT2D eigenvalue weighted by Crippen LogP contribution is -2.23. The van der Waals surface area contributed by atoms with Gasteiger partial charge in [0.25, 0.3) is 0 Å². The largest absolute Gasteiger partial charge is 0.478 e. The third-order valence-electron chi connectivity index (χ3n) is 2.79. The van der Waals surface area contributed by atoms with Crippen LogP contribution in [0.15, 0.2) is 57.9 Å². The Morgan fingerprint density at radius 1 is 1.05 bits per heavy atom. The summed E-state index contributed by atoms with van der Waals surface area (Å²) in [4.78, 5) is 10.8. The van der Waals surface area contributed by atoms with Crippen molar-refractivity contribution in [2.45, 2.75) is 11.4 Å². The fraction of sp³-hybridized carbons (Fsp3) is 0.0714. The molecule has 0 bridgehead atoms. The molecule has 5 nitrogen and oxygen atoms in total. The first-order chi connectivity index (χ1) is 9.88. The van der Waals surface area contributed by atoms with E-state index in [4.69, 9.17) is 5.11 Å². The molecule has 0 aromatic heterocycles. The summed E-state index contributed by atoms with van der Waals surface area (Å²) < 4.78 is 27.6. The number of nitrogens with one attached hydrogen (secondary N) is 1. The predicted molar refractivity (Wildman–Crippen MR) is 81.6 cm³/mol. The van der Waals surface area contributed by atoms with E-state index >= 15 is 0 Å². The fourth-order valence-electron chi connectivity index (χ4n) is 1.64. The Balaban J connectivity index is 2.11. The summed E-state index contributed by atoms with van der Waals surface area (Å²) in [7, 11) is -3.67. The molecule has 0 fully saturated rings. The normalized spacial score (nSPS) is 11.3. The summed E-state index contributed by atoms with van der Waals surface area (Å²) in [6, 6.07) is 12.3. The first kappa shape index (κ1) is 15.7. The third kappa shape index (κ3) is 4.13. The van der Waals surface area contributed by atoms with Crippen molar-refractivity contribution in [2.75, 3.05) is 0 Å². The van der Waals surface area contributed by atoms with Gasteiger partial charge in [-0.25, -0.2) is 17.9 Å². The van der Waals surface area contributed by atoms with E-state index in [0.29, 0.717) is 0 Å². The van der Waals surface area contributed by atoms with E-state index in [2.05, 4.69) is 20.7 Å². The maximum Gasteiger partial charge on any atom is 0.335 e. The van der Waals surface area contributed by atoms with Crippen molar-refractivity contribution in [1.29, 1.82) is 0 Å². The lowest BCUT2D eigenvalue weighted by Gasteiger charge is -2.07. The van der Waals surface area contributed by atoms with E-state index in [1.807, 2.05) is 12.1 Å². The van der Waals surface area contributed by atoms with Gasteiger partial charge in [0.15, 0.2) is 0 Å². The molecule has 0 saturated carbocycles. The first-order valence-electron chi connectivity index (χ1n) is 5.96. The standard InChI is InChI=1S/C14H12BrNO4S/c15-12-5-1-10(2-6-12)9-16-21(19,20)13-7-3-11(4-8-13)14(17)18/h1-8,16H,9H2,(H,17,18). The van der Waals surface area contributed by atoms with Crippen molar-refractivity contribution in [3.05, 3.63) is 64.1 Å². The molecule has 0 unspecified atom stereocenters. The van der Waals surface area contributed by atoms with E-state index in [1.165, 1.54) is 24.3 Å². The number of carbonyl (C=O) groups is 1. The number of aromatic carboxylic acids is 1. The van der Waals surface area contributed by atoms with Gasteiger partial charge in [-0.3, -0.25) is 0 Å². The van der Waals surface area contributed by atoms with Crippen LogP contribution in [0, 0.1) is 0 Å². The lowest BCUT2D eigenvalue weighted by molar-refractivity contribution is 0.0696. The van der Waals surface area contributed by atoms with Gasteiger partial charge in [-0.15, -0.1) is 0 Å². The highest BCUT2D eigenvalue weighted by atomic mass is 79.9. The average molecular weight is 370 g/mol. The number of rotatable bonds is 5. The number of hydrogen-bond acceptors (Lipinski definition) is 3. The van der Waals surface area contributed by atoms with Crippen molar-refractivity contribution in [1.82, 2.24) is 4.72 Å². The summed E-state index contributed by atoms with van der Waals surface area (Å²) in [5, 5.41) is 8.78. The average Bonchev–Trinajstić information content (AvgIpc) is 2.47. The third-order valence-corrected chi connectivity index (χ3v) is 4.74. The van der Waals surface area contributed by atoms with Crippen molar-refractivity contribution in [3.63, 3.8) is 0 Å². The zero-order valence-corrected chi connectivity index (χ0v) is 13.2. The molecule has 2 aromatic rings. The number of benzene rings is 2. The van der Waals surface area contributed by atoms with Crippen LogP contribution in [0.2, 0.25) is 0 Å². The Labute approximate surface area is 130 Å². The van der Waals surface area contributed by atoms with Gasteiger partial charge >= 0.3 is 5.97 Å². The number of halogens is 1. The smallest absolute Gasteiger partial charge is 0.335 e. The van der Waals surface area contributed by atoms with Crippen LogP contribution in [0.3, 0.4) is 0 Å². The minimum Gasteiger partial charge on any atom is -0.478 e. The molecular weight excluding hydrogens is 358 g/mol. The SMILES string of the molecule is O=C(O)c1ccc(S(=O)(=O)NCc2ccc(Br)cc2)cc1. The molecule has 0 aliphatic rings. The van der Waals surface area contributed by atoms with Gasteiger partial charge in [0.05, 0.1) is 10.5 Å². The van der Waals surface area contributed by atoms with Crippen LogP contribution >= 0.6 is 15.9 Å². The predicted octanol–water partition coefficient (Wildman–Crippen LogP) is 2.63. The highest BCUT2D eigenvalue weighted by Crippen LogP contribution is 2.13. The molecule has 0 aliphatic heterocycles. The Morgan fingerprint density at radius 2 is 1.62 bits per heavy atom. The molecule has 0 saturated heterocycles. The molecule has 0 heterocycles. The van der Waals surface area contributed by atoms with Crippen LogP contribution in [0.4, 0.5) is 0 Å². The van der Waals surface area contributed by atoms with Gasteiger partial charge in [-0.2, -0.15) is 0 Å². The first-order valence-corrected chi connectivity index (χ1v) is 8.23. The molecule has 7 heteroatoms. The molecule has 0 atom stereocenters. The molecule has 21 heavy (non-hydrogen) atoms. The number of carboxylic acid groups (broad SMARTS) is 1. The topological polar surface area (TPSA) is 83.5 Å². The maximum atomic E-state index is 12.1. The second kappa shape index (κ2) is 6.38. The van der Waals surface area contributed by atoms with Crippen molar-refractivity contribution in [3.8, 4) is 0 Å². The lowest BCUT2D eigenvalue weighted by atomic mass is 10.2. The Hall–Kier alpha value is -1.70. The number of carboxylic acids is 1. The van der Waals surface area contributed by atoms with Gasteiger partial charge in [-0.1, -0.05) is 28.1 Å². The van der Waals surface area contributed by atoms with Gasteiger partial charge in [0.2, 0.25) is 10.0 Å². The monoisotopic (exact) mass is 369 g/mol. The van der Waals surface area contributed by atoms with E-state index < -0.39 is 16.0 Å². The van der Waals surface area contributed by atoms with Crippen LogP contribution in [-0.4, -0.2) is 19.5 Å². The van der Waals surface area contributed by atoms with Crippen molar-refractivity contribution in [2.24, 2.45) is 0 Å². The van der Waals surface area contributed by atoms with Crippen LogP contribution in [0.5, 0.6) is 0 Å². The molecule has 2 aromatic carbocycles. The summed E-state index contributed by atoms with van der Waals surface area (Å²) in [6.45, 7) is 0.163. The molecule has 110 valence electrons. The van der Waals surface area contributed by atoms with Crippen LogP contribution in [-0.2, 0) is 16.6 Å². The summed E-state index contributed by atoms with van der Waals surface area (Å²) in [5.74, 6) is -1.10. The van der Waals surface area contributed by atoms with E-state index in [1.54, 1.807) is 12.1 Å². The minimum atomic E-state index is -3.67. The van der Waals surface area contributed by atoms with Gasteiger partial charge < -0.3 is 5.11 Å². The second-order valence-electron chi connectivity index (χ2n) is 4.28. The highest BCUT2D eigenvalue weighted by molar-refractivity contribution is 9.10. The Bertz CT molecular complexity index is 740. The van der Waals surface area contributed by atoms with Gasteiger partial charge in [0, 0.05) is 11.0 Å².